The maximum absolute atomic E-state index is 9.85. The van der Waals surface area contributed by atoms with Gasteiger partial charge in [0.15, 0.2) is 0 Å². The fourth-order valence-electron chi connectivity index (χ4n) is 9.54. The summed E-state index contributed by atoms with van der Waals surface area (Å²) in [5.74, 6) is 4.02. The Morgan fingerprint density at radius 3 is 2.32 bits per heavy atom. The molecular formula is C32H46N4O. The SMILES string of the molecule is C=C(O)CN1CCC[C@@H](c2nc3ccccc3n2[C@H]2C[C@H]3CCC[C@@H](C2)N3[C@H]2C[C@@H]3CCC[C@@H](C3)C2)C1. The number of benzene rings is 1. The largest absolute Gasteiger partial charge is 0.512 e. The molecule has 200 valence electrons. The minimum Gasteiger partial charge on any atom is -0.512 e. The number of likely N-dealkylation sites (tertiary alicyclic amines) is 1. The topological polar surface area (TPSA) is 44.5 Å². The Hall–Kier alpha value is -1.85. The van der Waals surface area contributed by atoms with Gasteiger partial charge in [0, 0.05) is 36.6 Å². The van der Waals surface area contributed by atoms with Crippen molar-refractivity contribution < 1.29 is 5.11 Å². The number of hydrogen-bond acceptors (Lipinski definition) is 4. The lowest BCUT2D eigenvalue weighted by Gasteiger charge is -2.55. The molecule has 2 aromatic rings. The van der Waals surface area contributed by atoms with Gasteiger partial charge >= 0.3 is 0 Å². The summed E-state index contributed by atoms with van der Waals surface area (Å²) in [4.78, 5) is 10.8. The average molecular weight is 503 g/mol. The number of para-hydroxylation sites is 2. The van der Waals surface area contributed by atoms with Crippen LogP contribution in [0, 0.1) is 11.8 Å². The van der Waals surface area contributed by atoms with E-state index in [1.807, 2.05) is 0 Å². The van der Waals surface area contributed by atoms with Crippen molar-refractivity contribution in [2.45, 2.75) is 114 Å². The molecule has 2 aliphatic carbocycles. The molecule has 3 saturated heterocycles. The van der Waals surface area contributed by atoms with Gasteiger partial charge in [0.25, 0.3) is 0 Å². The molecule has 0 spiro atoms. The van der Waals surface area contributed by atoms with Gasteiger partial charge < -0.3 is 9.67 Å². The van der Waals surface area contributed by atoms with Gasteiger partial charge in [0.1, 0.15) is 5.82 Å². The Bertz CT molecular complexity index is 1100. The first-order chi connectivity index (χ1) is 18.1. The van der Waals surface area contributed by atoms with Crippen molar-refractivity contribution >= 4 is 11.0 Å². The fraction of sp³-hybridized carbons (Fsp3) is 0.719. The second kappa shape index (κ2) is 10.0. The molecule has 2 saturated carbocycles. The minimum atomic E-state index is 0.279. The molecule has 1 N–H and O–H groups in total. The van der Waals surface area contributed by atoms with Crippen molar-refractivity contribution in [1.29, 1.82) is 0 Å². The van der Waals surface area contributed by atoms with E-state index >= 15 is 0 Å². The number of imidazole rings is 1. The van der Waals surface area contributed by atoms with Crippen LogP contribution in [0.3, 0.4) is 0 Å². The van der Waals surface area contributed by atoms with E-state index < -0.39 is 0 Å². The number of nitrogens with zero attached hydrogens (tertiary/aromatic N) is 4. The predicted molar refractivity (Wildman–Crippen MR) is 150 cm³/mol. The summed E-state index contributed by atoms with van der Waals surface area (Å²) in [6.07, 6.45) is 18.1. The Kier molecular flexibility index (Phi) is 6.57. The van der Waals surface area contributed by atoms with E-state index in [4.69, 9.17) is 4.98 Å². The Morgan fingerprint density at radius 1 is 0.838 bits per heavy atom. The average Bonchev–Trinajstić information content (AvgIpc) is 3.27. The van der Waals surface area contributed by atoms with Crippen molar-refractivity contribution in [1.82, 2.24) is 19.4 Å². The standard InChI is InChI=1S/C32H46N4O/c1-22(37)20-34-14-6-9-25(21-34)32-33-30-12-2-3-13-31(30)36(32)29-18-26-10-5-11-27(19-29)35(26)28-16-23-7-4-8-24(15-23)17-28/h2-3,12-13,23-29,37H,1,4-11,14-21H2/t23-,24+,25-,26-,27+,28+,29+/m1/s1. The molecule has 37 heavy (non-hydrogen) atoms. The molecule has 4 heterocycles. The maximum atomic E-state index is 9.85. The van der Waals surface area contributed by atoms with E-state index in [-0.39, 0.29) is 5.76 Å². The number of fused-ring (bicyclic) bond motifs is 5. The fourth-order valence-corrected chi connectivity index (χ4v) is 9.54. The van der Waals surface area contributed by atoms with Gasteiger partial charge in [0.2, 0.25) is 0 Å². The van der Waals surface area contributed by atoms with Gasteiger partial charge in [-0.25, -0.2) is 4.98 Å². The number of aromatic nitrogens is 2. The van der Waals surface area contributed by atoms with Crippen LogP contribution in [0.25, 0.3) is 11.0 Å². The van der Waals surface area contributed by atoms with E-state index in [1.54, 1.807) is 0 Å². The summed E-state index contributed by atoms with van der Waals surface area (Å²) < 4.78 is 2.70. The minimum absolute atomic E-state index is 0.279. The molecule has 5 nitrogen and oxygen atoms in total. The monoisotopic (exact) mass is 502 g/mol. The van der Waals surface area contributed by atoms with Gasteiger partial charge in [-0.1, -0.05) is 44.4 Å². The Balaban J connectivity index is 1.18. The van der Waals surface area contributed by atoms with Crippen LogP contribution in [-0.2, 0) is 0 Å². The lowest BCUT2D eigenvalue weighted by Crippen LogP contribution is -2.58. The van der Waals surface area contributed by atoms with Crippen LogP contribution in [0.1, 0.15) is 101 Å². The van der Waals surface area contributed by atoms with Crippen molar-refractivity contribution in [2.75, 3.05) is 19.6 Å². The molecule has 7 atom stereocenters. The molecule has 5 fully saturated rings. The van der Waals surface area contributed by atoms with Gasteiger partial charge in [-0.3, -0.25) is 9.80 Å². The molecule has 0 radical (unpaired) electrons. The number of piperidine rings is 3. The van der Waals surface area contributed by atoms with Crippen molar-refractivity contribution in [3.63, 3.8) is 0 Å². The molecule has 1 aromatic carbocycles. The summed E-state index contributed by atoms with van der Waals surface area (Å²) in [5, 5.41) is 9.85. The predicted octanol–water partition coefficient (Wildman–Crippen LogP) is 6.81. The van der Waals surface area contributed by atoms with E-state index in [2.05, 4.69) is 45.2 Å². The Labute approximate surface area is 222 Å². The molecule has 5 aliphatic rings. The van der Waals surface area contributed by atoms with Gasteiger partial charge in [-0.2, -0.15) is 0 Å². The summed E-state index contributed by atoms with van der Waals surface area (Å²) in [6.45, 7) is 6.36. The van der Waals surface area contributed by atoms with Gasteiger partial charge in [-0.05, 0) is 88.3 Å². The quantitative estimate of drug-likeness (QED) is 0.456. The van der Waals surface area contributed by atoms with Crippen molar-refractivity contribution in [3.8, 4) is 0 Å². The summed E-state index contributed by atoms with van der Waals surface area (Å²) in [7, 11) is 0. The lowest BCUT2D eigenvalue weighted by molar-refractivity contribution is -0.0487. The molecule has 0 amide bonds. The number of rotatable bonds is 5. The molecular weight excluding hydrogens is 456 g/mol. The molecule has 4 bridgehead atoms. The highest BCUT2D eigenvalue weighted by atomic mass is 16.3. The molecule has 0 unspecified atom stereocenters. The van der Waals surface area contributed by atoms with E-state index in [0.717, 1.165) is 55.0 Å². The molecule has 1 aromatic heterocycles. The van der Waals surface area contributed by atoms with Crippen molar-refractivity contribution in [3.05, 3.63) is 42.4 Å². The first-order valence-electron chi connectivity index (χ1n) is 15.5. The summed E-state index contributed by atoms with van der Waals surface area (Å²) in [5.41, 5.74) is 2.50. The Morgan fingerprint density at radius 2 is 1.57 bits per heavy atom. The third-order valence-electron chi connectivity index (χ3n) is 10.8. The van der Waals surface area contributed by atoms with E-state index in [0.29, 0.717) is 18.5 Å². The lowest BCUT2D eigenvalue weighted by atomic mass is 9.68. The summed E-state index contributed by atoms with van der Waals surface area (Å²) in [6, 6.07) is 11.8. The second-order valence-corrected chi connectivity index (χ2v) is 13.3. The zero-order chi connectivity index (χ0) is 24.9. The number of aliphatic hydroxyl groups is 1. The van der Waals surface area contributed by atoms with E-state index in [1.165, 1.54) is 88.4 Å². The van der Waals surface area contributed by atoms with Crippen LogP contribution >= 0.6 is 0 Å². The van der Waals surface area contributed by atoms with Crippen LogP contribution in [-0.4, -0.2) is 62.2 Å². The highest BCUT2D eigenvalue weighted by Crippen LogP contribution is 2.48. The normalized spacial score (nSPS) is 37.0. The highest BCUT2D eigenvalue weighted by Gasteiger charge is 2.45. The maximum Gasteiger partial charge on any atom is 0.114 e. The van der Waals surface area contributed by atoms with Crippen LogP contribution in [0.4, 0.5) is 0 Å². The summed E-state index contributed by atoms with van der Waals surface area (Å²) >= 11 is 0. The van der Waals surface area contributed by atoms with Crippen molar-refractivity contribution in [2.24, 2.45) is 11.8 Å². The molecule has 3 aliphatic heterocycles. The van der Waals surface area contributed by atoms with Gasteiger partial charge in [-0.15, -0.1) is 0 Å². The van der Waals surface area contributed by atoms with Crippen LogP contribution < -0.4 is 0 Å². The van der Waals surface area contributed by atoms with Crippen LogP contribution in [0.5, 0.6) is 0 Å². The highest BCUT2D eigenvalue weighted by molar-refractivity contribution is 5.76. The third-order valence-corrected chi connectivity index (χ3v) is 10.8. The zero-order valence-corrected chi connectivity index (χ0v) is 22.6. The second-order valence-electron chi connectivity index (χ2n) is 13.3. The molecule has 5 heteroatoms. The first-order valence-corrected chi connectivity index (χ1v) is 15.5. The number of aliphatic hydroxyl groups excluding tert-OH is 1. The first kappa shape index (κ1) is 24.2. The van der Waals surface area contributed by atoms with Gasteiger partial charge in [0.05, 0.1) is 23.3 Å². The van der Waals surface area contributed by atoms with Crippen LogP contribution in [0.2, 0.25) is 0 Å². The third kappa shape index (κ3) is 4.65. The molecule has 7 rings (SSSR count). The van der Waals surface area contributed by atoms with Crippen LogP contribution in [0.15, 0.2) is 36.6 Å². The smallest absolute Gasteiger partial charge is 0.114 e. The zero-order valence-electron chi connectivity index (χ0n) is 22.6. The number of hydrogen-bond donors (Lipinski definition) is 1. The van der Waals surface area contributed by atoms with E-state index in [9.17, 15) is 5.11 Å².